The van der Waals surface area contributed by atoms with E-state index in [9.17, 15) is 14.4 Å². The number of hydrogen-bond donors (Lipinski definition) is 2. The summed E-state index contributed by atoms with van der Waals surface area (Å²) in [4.78, 5) is 39.6. The molecule has 7 heteroatoms. The van der Waals surface area contributed by atoms with Crippen LogP contribution in [0.1, 0.15) is 29.3 Å². The Bertz CT molecular complexity index is 914. The summed E-state index contributed by atoms with van der Waals surface area (Å²) >= 11 is 1.45. The second-order valence-corrected chi connectivity index (χ2v) is 7.65. The maximum absolute atomic E-state index is 13.0. The number of hydrogen-bond acceptors (Lipinski definition) is 4. The molecule has 3 rings (SSSR count). The van der Waals surface area contributed by atoms with Crippen molar-refractivity contribution in [2.75, 3.05) is 29.5 Å². The van der Waals surface area contributed by atoms with E-state index in [1.807, 2.05) is 44.2 Å². The van der Waals surface area contributed by atoms with E-state index < -0.39 is 0 Å². The molecule has 0 bridgehead atoms. The van der Waals surface area contributed by atoms with Crippen molar-refractivity contribution in [3.05, 3.63) is 53.6 Å². The van der Waals surface area contributed by atoms with Crippen molar-refractivity contribution in [2.24, 2.45) is 0 Å². The first-order valence-electron chi connectivity index (χ1n) is 9.19. The third-order valence-electron chi connectivity index (χ3n) is 4.39. The van der Waals surface area contributed by atoms with Crippen molar-refractivity contribution < 1.29 is 14.4 Å². The van der Waals surface area contributed by atoms with Crippen LogP contribution in [-0.4, -0.2) is 41.5 Å². The molecule has 28 heavy (non-hydrogen) atoms. The van der Waals surface area contributed by atoms with Crippen molar-refractivity contribution in [3.63, 3.8) is 0 Å². The Morgan fingerprint density at radius 1 is 1.21 bits per heavy atom. The van der Waals surface area contributed by atoms with Crippen molar-refractivity contribution in [1.82, 2.24) is 4.90 Å². The molecule has 3 amide bonds. The van der Waals surface area contributed by atoms with Gasteiger partial charge in [0, 0.05) is 22.7 Å². The molecule has 1 aliphatic rings. The molecule has 146 valence electrons. The molecular formula is C21H23N3O3S. The Balaban J connectivity index is 1.73. The van der Waals surface area contributed by atoms with Gasteiger partial charge >= 0.3 is 0 Å². The molecule has 0 unspecified atom stereocenters. The minimum atomic E-state index is -0.238. The maximum Gasteiger partial charge on any atom is 0.254 e. The highest BCUT2D eigenvalue weighted by Crippen LogP contribution is 2.32. The number of carbonyl (C=O) groups is 3. The normalized spacial score (nSPS) is 12.7. The van der Waals surface area contributed by atoms with Crippen LogP contribution < -0.4 is 10.6 Å². The van der Waals surface area contributed by atoms with Crippen molar-refractivity contribution >= 4 is 40.9 Å². The lowest BCUT2D eigenvalue weighted by Crippen LogP contribution is -2.38. The Kier molecular flexibility index (Phi) is 6.36. The number of carbonyl (C=O) groups excluding carboxylic acids is 3. The summed E-state index contributed by atoms with van der Waals surface area (Å²) in [6.07, 6.45) is 0.737. The van der Waals surface area contributed by atoms with Gasteiger partial charge in [-0.3, -0.25) is 14.4 Å². The lowest BCUT2D eigenvalue weighted by atomic mass is 10.1. The molecule has 1 heterocycles. The van der Waals surface area contributed by atoms with Crippen LogP contribution in [0.2, 0.25) is 0 Å². The molecule has 6 nitrogen and oxygen atoms in total. The fourth-order valence-electron chi connectivity index (χ4n) is 3.00. The van der Waals surface area contributed by atoms with Gasteiger partial charge in [-0.2, -0.15) is 0 Å². The van der Waals surface area contributed by atoms with Crippen LogP contribution in [0.4, 0.5) is 11.4 Å². The average Bonchev–Trinajstić information content (AvgIpc) is 2.68. The van der Waals surface area contributed by atoms with Gasteiger partial charge in [0.1, 0.15) is 6.54 Å². The smallest absolute Gasteiger partial charge is 0.254 e. The molecule has 2 N–H and O–H groups in total. The number of thioether (sulfide) groups is 1. The van der Waals surface area contributed by atoms with Gasteiger partial charge in [0.25, 0.3) is 5.91 Å². The number of amides is 3. The summed E-state index contributed by atoms with van der Waals surface area (Å²) in [7, 11) is 0. The van der Waals surface area contributed by atoms with Crippen molar-refractivity contribution in [3.8, 4) is 0 Å². The first-order chi connectivity index (χ1) is 13.5. The van der Waals surface area contributed by atoms with E-state index in [4.69, 9.17) is 0 Å². The van der Waals surface area contributed by atoms with E-state index in [1.54, 1.807) is 12.1 Å². The highest BCUT2D eigenvalue weighted by atomic mass is 32.2. The molecule has 0 fully saturated rings. The van der Waals surface area contributed by atoms with Gasteiger partial charge in [0.2, 0.25) is 11.8 Å². The van der Waals surface area contributed by atoms with Crippen molar-refractivity contribution in [2.45, 2.75) is 25.2 Å². The standard InChI is InChI=1S/C21H23N3O3S/c1-3-10-24(12-19(25)22-16-7-5-4-6-14(16)2)21(27)15-8-9-18-17(11-15)23-20(26)13-28-18/h4-9,11H,3,10,12-13H2,1-2H3,(H,22,25)(H,23,26). The van der Waals surface area contributed by atoms with Crippen LogP contribution in [0.25, 0.3) is 0 Å². The predicted octanol–water partition coefficient (Wildman–Crippen LogP) is 3.53. The van der Waals surface area contributed by atoms with Gasteiger partial charge in [-0.15, -0.1) is 11.8 Å². The van der Waals surface area contributed by atoms with E-state index in [-0.39, 0.29) is 24.3 Å². The number of nitrogens with one attached hydrogen (secondary N) is 2. The first-order valence-corrected chi connectivity index (χ1v) is 10.2. The summed E-state index contributed by atoms with van der Waals surface area (Å²) in [6.45, 7) is 4.32. The average molecular weight is 398 g/mol. The highest BCUT2D eigenvalue weighted by molar-refractivity contribution is 8.00. The minimum absolute atomic E-state index is 0.0286. The summed E-state index contributed by atoms with van der Waals surface area (Å²) in [5.41, 5.74) is 2.81. The number of fused-ring (bicyclic) bond motifs is 1. The first kappa shape index (κ1) is 19.9. The predicted molar refractivity (Wildman–Crippen MR) is 112 cm³/mol. The van der Waals surface area contributed by atoms with E-state index in [2.05, 4.69) is 10.6 Å². The van der Waals surface area contributed by atoms with E-state index in [1.165, 1.54) is 16.7 Å². The second kappa shape index (κ2) is 8.93. The molecule has 0 atom stereocenters. The summed E-state index contributed by atoms with van der Waals surface area (Å²) < 4.78 is 0. The number of aryl methyl sites for hydroxylation is 1. The molecule has 1 aliphatic heterocycles. The minimum Gasteiger partial charge on any atom is -0.329 e. The van der Waals surface area contributed by atoms with Gasteiger partial charge in [-0.1, -0.05) is 25.1 Å². The third kappa shape index (κ3) is 4.72. The topological polar surface area (TPSA) is 78.5 Å². The van der Waals surface area contributed by atoms with Gasteiger partial charge < -0.3 is 15.5 Å². The number of anilines is 2. The fourth-order valence-corrected chi connectivity index (χ4v) is 3.79. The zero-order valence-electron chi connectivity index (χ0n) is 16.0. The van der Waals surface area contributed by atoms with Crippen molar-refractivity contribution in [1.29, 1.82) is 0 Å². The van der Waals surface area contributed by atoms with Gasteiger partial charge in [0.15, 0.2) is 0 Å². The second-order valence-electron chi connectivity index (χ2n) is 6.64. The van der Waals surface area contributed by atoms with Gasteiger partial charge in [0.05, 0.1) is 11.4 Å². The van der Waals surface area contributed by atoms with Crippen LogP contribution in [0.5, 0.6) is 0 Å². The Morgan fingerprint density at radius 2 is 2.00 bits per heavy atom. The largest absolute Gasteiger partial charge is 0.329 e. The molecule has 0 spiro atoms. The molecule has 0 aliphatic carbocycles. The highest BCUT2D eigenvalue weighted by Gasteiger charge is 2.22. The maximum atomic E-state index is 13.0. The third-order valence-corrected chi connectivity index (χ3v) is 5.47. The number of benzene rings is 2. The van der Waals surface area contributed by atoms with Gasteiger partial charge in [-0.25, -0.2) is 0 Å². The molecule has 2 aromatic carbocycles. The molecule has 0 radical (unpaired) electrons. The molecule has 0 saturated heterocycles. The molecular weight excluding hydrogens is 374 g/mol. The lowest BCUT2D eigenvalue weighted by molar-refractivity contribution is -0.117. The zero-order chi connectivity index (χ0) is 20.1. The fraction of sp³-hybridized carbons (Fsp3) is 0.286. The van der Waals surface area contributed by atoms with Crippen LogP contribution >= 0.6 is 11.8 Å². The summed E-state index contributed by atoms with van der Waals surface area (Å²) in [5, 5.41) is 5.66. The Hall–Kier alpha value is -2.80. The molecule has 2 aromatic rings. The van der Waals surface area contributed by atoms with Crippen LogP contribution in [-0.2, 0) is 9.59 Å². The molecule has 0 saturated carbocycles. The Labute approximate surface area is 168 Å². The lowest BCUT2D eigenvalue weighted by Gasteiger charge is -2.23. The van der Waals surface area contributed by atoms with Crippen LogP contribution in [0, 0.1) is 6.92 Å². The summed E-state index contributed by atoms with van der Waals surface area (Å²) in [5.74, 6) is -0.168. The van der Waals surface area contributed by atoms with Crippen LogP contribution in [0.15, 0.2) is 47.4 Å². The quantitative estimate of drug-likeness (QED) is 0.782. The van der Waals surface area contributed by atoms with E-state index in [0.29, 0.717) is 23.5 Å². The zero-order valence-corrected chi connectivity index (χ0v) is 16.8. The number of para-hydroxylation sites is 1. The number of rotatable bonds is 6. The SMILES string of the molecule is CCCN(CC(=O)Nc1ccccc1C)C(=O)c1ccc2c(c1)NC(=O)CS2. The van der Waals surface area contributed by atoms with Gasteiger partial charge in [-0.05, 0) is 43.2 Å². The monoisotopic (exact) mass is 397 g/mol. The Morgan fingerprint density at radius 3 is 2.75 bits per heavy atom. The number of nitrogens with zero attached hydrogens (tertiary/aromatic N) is 1. The van der Waals surface area contributed by atoms with E-state index >= 15 is 0 Å². The summed E-state index contributed by atoms with van der Waals surface area (Å²) in [6, 6.07) is 12.8. The molecule has 0 aromatic heterocycles. The van der Waals surface area contributed by atoms with Crippen LogP contribution in [0.3, 0.4) is 0 Å². The van der Waals surface area contributed by atoms with E-state index in [0.717, 1.165) is 22.6 Å².